The van der Waals surface area contributed by atoms with Crippen LogP contribution in [-0.4, -0.2) is 49.9 Å². The summed E-state index contributed by atoms with van der Waals surface area (Å²) < 4.78 is 39.8. The normalized spacial score (nSPS) is 18.0. The smallest absolute Gasteiger partial charge is 0.336 e. The Labute approximate surface area is 217 Å². The van der Waals surface area contributed by atoms with Crippen LogP contribution in [0.5, 0.6) is 0 Å². The molecule has 1 heterocycles. The number of benzene rings is 2. The van der Waals surface area contributed by atoms with E-state index in [1.54, 1.807) is 13.8 Å². The monoisotopic (exact) mass is 512 g/mol. The number of esters is 2. The number of rotatable bonds is 9. The number of nitrogens with zero attached hydrogens (tertiary/aromatic N) is 2. The van der Waals surface area contributed by atoms with Crippen molar-refractivity contribution < 1.29 is 27.8 Å². The molecule has 0 saturated carbocycles. The molecule has 0 spiro atoms. The van der Waals surface area contributed by atoms with Crippen LogP contribution in [0.4, 0.5) is 8.78 Å². The van der Waals surface area contributed by atoms with Gasteiger partial charge in [-0.3, -0.25) is 9.79 Å². The number of hydrogen-bond acceptors (Lipinski definition) is 6. The average molecular weight is 513 g/mol. The highest BCUT2D eigenvalue weighted by Gasteiger charge is 2.43. The van der Waals surface area contributed by atoms with Crippen LogP contribution >= 0.6 is 0 Å². The Morgan fingerprint density at radius 1 is 1.08 bits per heavy atom. The fourth-order valence-corrected chi connectivity index (χ4v) is 4.89. The summed E-state index contributed by atoms with van der Waals surface area (Å²) in [6.07, 6.45) is 0. The fourth-order valence-electron chi connectivity index (χ4n) is 4.89. The lowest BCUT2D eigenvalue weighted by molar-refractivity contribution is -0.145. The Morgan fingerprint density at radius 3 is 2.41 bits per heavy atom. The molecule has 0 aromatic heterocycles. The van der Waals surface area contributed by atoms with E-state index >= 15 is 0 Å². The van der Waals surface area contributed by atoms with E-state index in [4.69, 9.17) is 9.47 Å². The molecule has 0 saturated heterocycles. The molecule has 1 aliphatic heterocycles. The largest absolute Gasteiger partial charge is 0.468 e. The highest BCUT2D eigenvalue weighted by Crippen LogP contribution is 2.41. The minimum atomic E-state index is -1.14. The van der Waals surface area contributed by atoms with Gasteiger partial charge in [-0.2, -0.15) is 0 Å². The summed E-state index contributed by atoms with van der Waals surface area (Å²) in [6.45, 7) is 8.60. The maximum atomic E-state index is 14.9. The van der Waals surface area contributed by atoms with Crippen LogP contribution in [0, 0.1) is 23.0 Å². The predicted octanol–water partition coefficient (Wildman–Crippen LogP) is 5.29. The molecule has 2 atom stereocenters. The van der Waals surface area contributed by atoms with Crippen LogP contribution in [0.25, 0.3) is 0 Å². The summed E-state index contributed by atoms with van der Waals surface area (Å²) >= 11 is 0. The van der Waals surface area contributed by atoms with Crippen molar-refractivity contribution in [3.8, 4) is 0 Å². The predicted molar refractivity (Wildman–Crippen MR) is 138 cm³/mol. The van der Waals surface area contributed by atoms with Gasteiger partial charge < -0.3 is 14.4 Å². The third-order valence-corrected chi connectivity index (χ3v) is 6.38. The van der Waals surface area contributed by atoms with Crippen molar-refractivity contribution in [2.75, 3.05) is 27.3 Å². The van der Waals surface area contributed by atoms with Crippen LogP contribution < -0.4 is 0 Å². The Hall–Kier alpha value is -3.39. The summed E-state index contributed by atoms with van der Waals surface area (Å²) in [6, 6.07) is 13.0. The van der Waals surface area contributed by atoms with E-state index < -0.39 is 40.8 Å². The number of carbonyl (C=O) groups is 2. The maximum Gasteiger partial charge on any atom is 0.336 e. The molecule has 3 rings (SSSR count). The van der Waals surface area contributed by atoms with Crippen LogP contribution in [0.1, 0.15) is 44.7 Å². The molecule has 8 heteroatoms. The van der Waals surface area contributed by atoms with Crippen LogP contribution in [0.15, 0.2) is 64.8 Å². The minimum absolute atomic E-state index is 0.0129. The number of allylic oxidation sites excluding steroid dienone is 1. The van der Waals surface area contributed by atoms with Gasteiger partial charge in [0, 0.05) is 35.8 Å². The standard InChI is InChI=1S/C29H34F2N2O4/c1-18-24(27(34)36-6)26(22-14-21(30)12-13-23(22)31)25(19(2)32-18)28(35)37-17-29(3,4)16-33(5)15-20-10-8-7-9-11-20/h7-14,24,26H,15-17H2,1-6H3. The van der Waals surface area contributed by atoms with Gasteiger partial charge in [-0.15, -0.1) is 0 Å². The molecular formula is C29H34F2N2O4. The molecule has 1 aliphatic rings. The van der Waals surface area contributed by atoms with Gasteiger partial charge in [0.1, 0.15) is 17.6 Å². The van der Waals surface area contributed by atoms with Crippen LogP contribution in [0.2, 0.25) is 0 Å². The zero-order valence-electron chi connectivity index (χ0n) is 22.2. The number of hydrogen-bond donors (Lipinski definition) is 0. The number of methoxy groups -OCH3 is 1. The number of halogens is 2. The van der Waals surface area contributed by atoms with E-state index in [9.17, 15) is 18.4 Å². The quantitative estimate of drug-likeness (QED) is 0.427. The van der Waals surface area contributed by atoms with Crippen LogP contribution in [0.3, 0.4) is 0 Å². The number of aliphatic imine (C=N–C) groups is 1. The van der Waals surface area contributed by atoms with Crippen molar-refractivity contribution in [2.24, 2.45) is 16.3 Å². The molecule has 6 nitrogen and oxygen atoms in total. The van der Waals surface area contributed by atoms with Gasteiger partial charge in [0.2, 0.25) is 0 Å². The van der Waals surface area contributed by atoms with E-state index in [0.29, 0.717) is 12.3 Å². The highest BCUT2D eigenvalue weighted by molar-refractivity contribution is 6.07. The second kappa shape index (κ2) is 11.8. The highest BCUT2D eigenvalue weighted by atomic mass is 19.1. The van der Waals surface area contributed by atoms with Crippen molar-refractivity contribution in [1.82, 2.24) is 4.90 Å². The zero-order valence-corrected chi connectivity index (χ0v) is 22.2. The summed E-state index contributed by atoms with van der Waals surface area (Å²) in [5.74, 6) is -5.09. The van der Waals surface area contributed by atoms with Gasteiger partial charge in [0.05, 0.1) is 19.3 Å². The molecule has 0 amide bonds. The second-order valence-electron chi connectivity index (χ2n) is 10.3. The summed E-state index contributed by atoms with van der Waals surface area (Å²) in [5, 5.41) is 0. The molecule has 0 bridgehead atoms. The SMILES string of the molecule is COC(=O)C1C(C)=NC(C)=C(C(=O)OCC(C)(C)CN(C)Cc2ccccc2)C1c1cc(F)ccc1F. The summed E-state index contributed by atoms with van der Waals surface area (Å²) in [7, 11) is 3.19. The second-order valence-corrected chi connectivity index (χ2v) is 10.3. The Bertz CT molecular complexity index is 1210. The first-order valence-electron chi connectivity index (χ1n) is 12.1. The Balaban J connectivity index is 1.85. The zero-order chi connectivity index (χ0) is 27.3. The summed E-state index contributed by atoms with van der Waals surface area (Å²) in [4.78, 5) is 32.7. The van der Waals surface area contributed by atoms with Gasteiger partial charge >= 0.3 is 11.9 Å². The molecule has 2 unspecified atom stereocenters. The lowest BCUT2D eigenvalue weighted by Gasteiger charge is -2.33. The first-order valence-corrected chi connectivity index (χ1v) is 12.1. The van der Waals surface area contributed by atoms with Gasteiger partial charge in [0.15, 0.2) is 0 Å². The lowest BCUT2D eigenvalue weighted by Crippen LogP contribution is -2.38. The molecule has 2 aromatic rings. The fraction of sp³-hybridized carbons (Fsp3) is 0.414. The van der Waals surface area contributed by atoms with E-state index in [-0.39, 0.29) is 23.4 Å². The summed E-state index contributed by atoms with van der Waals surface area (Å²) in [5.41, 5.74) is 1.27. The van der Waals surface area contributed by atoms with Gasteiger partial charge in [0.25, 0.3) is 0 Å². The Kier molecular flexibility index (Phi) is 8.97. The number of ether oxygens (including phenoxy) is 2. The average Bonchev–Trinajstić information content (AvgIpc) is 2.83. The molecule has 198 valence electrons. The van der Waals surface area contributed by atoms with Crippen molar-refractivity contribution >= 4 is 17.7 Å². The van der Waals surface area contributed by atoms with E-state index in [2.05, 4.69) is 9.89 Å². The van der Waals surface area contributed by atoms with E-state index in [0.717, 1.165) is 24.7 Å². The topological polar surface area (TPSA) is 68.2 Å². The molecule has 0 radical (unpaired) electrons. The van der Waals surface area contributed by atoms with Crippen LogP contribution in [-0.2, 0) is 25.6 Å². The van der Waals surface area contributed by atoms with Gasteiger partial charge in [-0.05, 0) is 50.2 Å². The first-order chi connectivity index (χ1) is 17.4. The maximum absolute atomic E-state index is 14.9. The molecule has 0 N–H and O–H groups in total. The van der Waals surface area contributed by atoms with Crippen molar-refractivity contribution in [1.29, 1.82) is 0 Å². The molecule has 37 heavy (non-hydrogen) atoms. The minimum Gasteiger partial charge on any atom is -0.468 e. The van der Waals surface area contributed by atoms with Gasteiger partial charge in [-0.25, -0.2) is 13.6 Å². The lowest BCUT2D eigenvalue weighted by atomic mass is 9.75. The van der Waals surface area contributed by atoms with Gasteiger partial charge in [-0.1, -0.05) is 44.2 Å². The molecule has 0 fully saturated rings. The third-order valence-electron chi connectivity index (χ3n) is 6.38. The molecule has 0 aliphatic carbocycles. The van der Waals surface area contributed by atoms with E-state index in [1.165, 1.54) is 12.7 Å². The Morgan fingerprint density at radius 2 is 1.76 bits per heavy atom. The van der Waals surface area contributed by atoms with Crippen molar-refractivity contribution in [3.05, 3.63) is 82.6 Å². The molecular weight excluding hydrogens is 478 g/mol. The van der Waals surface area contributed by atoms with Crippen molar-refractivity contribution in [3.63, 3.8) is 0 Å². The van der Waals surface area contributed by atoms with E-state index in [1.807, 2.05) is 51.2 Å². The van der Waals surface area contributed by atoms with Crippen molar-refractivity contribution in [2.45, 2.75) is 40.2 Å². The molecule has 2 aromatic carbocycles. The number of carbonyl (C=O) groups excluding carboxylic acids is 2. The third kappa shape index (κ3) is 6.89. The first kappa shape index (κ1) is 28.2.